The van der Waals surface area contributed by atoms with Gasteiger partial charge in [-0.25, -0.2) is 0 Å². The molecule has 2 N–H and O–H groups in total. The lowest BCUT2D eigenvalue weighted by Gasteiger charge is -2.26. The number of amides is 2. The fraction of sp³-hybridized carbons (Fsp3) is 0.259. The summed E-state index contributed by atoms with van der Waals surface area (Å²) in [5.74, 6) is 0.538. The molecule has 34 heavy (non-hydrogen) atoms. The molecule has 0 aliphatic carbocycles. The van der Waals surface area contributed by atoms with Crippen LogP contribution in [0.25, 0.3) is 0 Å². The average molecular weight is 460 g/mol. The van der Waals surface area contributed by atoms with E-state index in [4.69, 9.17) is 9.47 Å². The highest BCUT2D eigenvalue weighted by Gasteiger charge is 2.18. The summed E-state index contributed by atoms with van der Waals surface area (Å²) >= 11 is 0. The molecule has 0 spiro atoms. The van der Waals surface area contributed by atoms with E-state index in [2.05, 4.69) is 22.8 Å². The number of morpholine rings is 1. The van der Waals surface area contributed by atoms with Crippen molar-refractivity contribution in [1.29, 1.82) is 0 Å². The van der Waals surface area contributed by atoms with Crippen LogP contribution in [0.3, 0.4) is 0 Å². The van der Waals surface area contributed by atoms with E-state index in [0.29, 0.717) is 49.9 Å². The van der Waals surface area contributed by atoms with Gasteiger partial charge in [-0.15, -0.1) is 0 Å². The van der Waals surface area contributed by atoms with E-state index in [1.165, 1.54) is 5.56 Å². The van der Waals surface area contributed by atoms with Crippen molar-refractivity contribution in [3.05, 3.63) is 90.0 Å². The molecule has 7 heteroatoms. The fourth-order valence-corrected chi connectivity index (χ4v) is 3.66. The maximum Gasteiger partial charge on any atom is 0.254 e. The Bertz CT molecular complexity index is 1080. The maximum absolute atomic E-state index is 12.5. The summed E-state index contributed by atoms with van der Waals surface area (Å²) in [6.45, 7) is 3.03. The molecule has 0 aromatic heterocycles. The molecule has 1 fully saturated rings. The van der Waals surface area contributed by atoms with E-state index in [1.807, 2.05) is 54.6 Å². The second-order valence-electron chi connectivity index (χ2n) is 8.00. The molecule has 3 aromatic carbocycles. The first-order valence-electron chi connectivity index (χ1n) is 11.4. The van der Waals surface area contributed by atoms with Gasteiger partial charge in [-0.2, -0.15) is 0 Å². The monoisotopic (exact) mass is 459 g/mol. The number of benzene rings is 3. The first-order valence-corrected chi connectivity index (χ1v) is 11.4. The summed E-state index contributed by atoms with van der Waals surface area (Å²) in [6, 6.07) is 24.7. The van der Waals surface area contributed by atoms with Crippen molar-refractivity contribution in [2.24, 2.45) is 0 Å². The number of hydrogen-bond donors (Lipinski definition) is 2. The molecule has 1 aliphatic heterocycles. The number of anilines is 2. The number of nitrogens with zero attached hydrogens (tertiary/aromatic N) is 1. The second-order valence-corrected chi connectivity index (χ2v) is 8.00. The highest BCUT2D eigenvalue weighted by molar-refractivity contribution is 5.95. The van der Waals surface area contributed by atoms with Crippen molar-refractivity contribution >= 4 is 23.2 Å². The predicted octanol–water partition coefficient (Wildman–Crippen LogP) is 3.83. The van der Waals surface area contributed by atoms with Crippen LogP contribution in [0, 0.1) is 0 Å². The average Bonchev–Trinajstić information content (AvgIpc) is 2.89. The Morgan fingerprint density at radius 3 is 2.41 bits per heavy atom. The number of nitrogens with one attached hydrogen (secondary N) is 2. The van der Waals surface area contributed by atoms with Gasteiger partial charge in [0, 0.05) is 42.5 Å². The van der Waals surface area contributed by atoms with Gasteiger partial charge in [-0.05, 0) is 42.0 Å². The summed E-state index contributed by atoms with van der Waals surface area (Å²) in [5.41, 5.74) is 3.29. The zero-order valence-electron chi connectivity index (χ0n) is 19.0. The van der Waals surface area contributed by atoms with Gasteiger partial charge in [0.15, 0.2) is 0 Å². The third-order valence-electron chi connectivity index (χ3n) is 5.50. The molecular formula is C27H29N3O4. The number of ether oxygens (including phenoxy) is 2. The van der Waals surface area contributed by atoms with E-state index >= 15 is 0 Å². The highest BCUT2D eigenvalue weighted by atomic mass is 16.5. The van der Waals surface area contributed by atoms with E-state index < -0.39 is 0 Å². The minimum absolute atomic E-state index is 0.00142. The van der Waals surface area contributed by atoms with Crippen molar-refractivity contribution in [1.82, 2.24) is 4.90 Å². The number of carbonyl (C=O) groups excluding carboxylic acids is 2. The van der Waals surface area contributed by atoms with Gasteiger partial charge in [-0.1, -0.05) is 36.4 Å². The van der Waals surface area contributed by atoms with Crippen LogP contribution in [0.1, 0.15) is 15.9 Å². The lowest BCUT2D eigenvalue weighted by molar-refractivity contribution is -0.114. The largest absolute Gasteiger partial charge is 0.493 e. The minimum Gasteiger partial charge on any atom is -0.493 e. The lowest BCUT2D eigenvalue weighted by atomic mass is 10.1. The van der Waals surface area contributed by atoms with E-state index in [-0.39, 0.29) is 18.4 Å². The molecule has 0 saturated carbocycles. The van der Waals surface area contributed by atoms with Gasteiger partial charge < -0.3 is 25.0 Å². The molecule has 3 aromatic rings. The SMILES string of the molecule is O=C(CNc1ccc(C(=O)N2CCOCC2)cc1)Nc1cccc(OCCc2ccccc2)c1. The van der Waals surface area contributed by atoms with Crippen LogP contribution in [0.15, 0.2) is 78.9 Å². The first-order chi connectivity index (χ1) is 16.7. The van der Waals surface area contributed by atoms with Crippen molar-refractivity contribution in [3.8, 4) is 5.75 Å². The van der Waals surface area contributed by atoms with Gasteiger partial charge in [0.25, 0.3) is 5.91 Å². The Labute approximate surface area is 199 Å². The highest BCUT2D eigenvalue weighted by Crippen LogP contribution is 2.18. The standard InChI is InChI=1S/C27H29N3O4/c31-26(20-28-23-11-9-22(10-12-23)27(32)30-14-17-33-18-15-30)29-24-7-4-8-25(19-24)34-16-13-21-5-2-1-3-6-21/h1-12,19,28H,13-18,20H2,(H,29,31). The van der Waals surface area contributed by atoms with Crippen molar-refractivity contribution < 1.29 is 19.1 Å². The van der Waals surface area contributed by atoms with Crippen LogP contribution in [0.4, 0.5) is 11.4 Å². The number of carbonyl (C=O) groups is 2. The van der Waals surface area contributed by atoms with Crippen LogP contribution >= 0.6 is 0 Å². The smallest absolute Gasteiger partial charge is 0.254 e. The summed E-state index contributed by atoms with van der Waals surface area (Å²) in [5, 5.41) is 5.97. The third kappa shape index (κ3) is 6.83. The van der Waals surface area contributed by atoms with E-state index in [9.17, 15) is 9.59 Å². The molecule has 1 aliphatic rings. The summed E-state index contributed by atoms with van der Waals surface area (Å²) in [6.07, 6.45) is 0.818. The van der Waals surface area contributed by atoms with Crippen LogP contribution in [-0.2, 0) is 16.0 Å². The molecule has 176 valence electrons. The molecule has 0 unspecified atom stereocenters. The minimum atomic E-state index is -0.171. The Morgan fingerprint density at radius 2 is 1.65 bits per heavy atom. The molecule has 0 bridgehead atoms. The fourth-order valence-electron chi connectivity index (χ4n) is 3.66. The van der Waals surface area contributed by atoms with Gasteiger partial charge in [0.1, 0.15) is 5.75 Å². The Hall–Kier alpha value is -3.84. The van der Waals surface area contributed by atoms with Gasteiger partial charge in [-0.3, -0.25) is 9.59 Å². The molecule has 1 saturated heterocycles. The summed E-state index contributed by atoms with van der Waals surface area (Å²) in [4.78, 5) is 26.7. The molecule has 7 nitrogen and oxygen atoms in total. The summed E-state index contributed by atoms with van der Waals surface area (Å²) in [7, 11) is 0. The molecule has 1 heterocycles. The first kappa shape index (κ1) is 23.3. The zero-order chi connectivity index (χ0) is 23.6. The van der Waals surface area contributed by atoms with Gasteiger partial charge >= 0.3 is 0 Å². The summed E-state index contributed by atoms with van der Waals surface area (Å²) < 4.78 is 11.1. The number of rotatable bonds is 9. The van der Waals surface area contributed by atoms with Crippen LogP contribution < -0.4 is 15.4 Å². The zero-order valence-corrected chi connectivity index (χ0v) is 19.0. The van der Waals surface area contributed by atoms with Crippen molar-refractivity contribution in [2.75, 3.05) is 50.1 Å². The lowest BCUT2D eigenvalue weighted by Crippen LogP contribution is -2.40. The van der Waals surface area contributed by atoms with Crippen LogP contribution in [0.2, 0.25) is 0 Å². The normalized spacial score (nSPS) is 13.2. The molecule has 0 atom stereocenters. The third-order valence-corrected chi connectivity index (χ3v) is 5.50. The quantitative estimate of drug-likeness (QED) is 0.508. The van der Waals surface area contributed by atoms with Gasteiger partial charge in [0.2, 0.25) is 5.91 Å². The van der Waals surface area contributed by atoms with E-state index in [0.717, 1.165) is 12.1 Å². The van der Waals surface area contributed by atoms with E-state index in [1.54, 1.807) is 17.0 Å². The van der Waals surface area contributed by atoms with Crippen molar-refractivity contribution in [3.63, 3.8) is 0 Å². The van der Waals surface area contributed by atoms with Gasteiger partial charge in [0.05, 0.1) is 26.4 Å². The van der Waals surface area contributed by atoms with Crippen molar-refractivity contribution in [2.45, 2.75) is 6.42 Å². The maximum atomic E-state index is 12.5. The molecular weight excluding hydrogens is 430 g/mol. The molecule has 0 radical (unpaired) electrons. The Kier molecular flexibility index (Phi) is 8.13. The Morgan fingerprint density at radius 1 is 0.882 bits per heavy atom. The number of hydrogen-bond acceptors (Lipinski definition) is 5. The topological polar surface area (TPSA) is 79.9 Å². The Balaban J connectivity index is 1.22. The molecule has 4 rings (SSSR count). The predicted molar refractivity (Wildman–Crippen MR) is 132 cm³/mol. The molecule has 2 amide bonds. The van der Waals surface area contributed by atoms with Crippen LogP contribution in [-0.4, -0.2) is 56.2 Å². The second kappa shape index (κ2) is 11.9. The van der Waals surface area contributed by atoms with Crippen LogP contribution in [0.5, 0.6) is 5.75 Å².